The Labute approximate surface area is 94.9 Å². The predicted molar refractivity (Wildman–Crippen MR) is 63.0 cm³/mol. The molecule has 0 unspecified atom stereocenters. The summed E-state index contributed by atoms with van der Waals surface area (Å²) in [6.07, 6.45) is -0.737. The van der Waals surface area contributed by atoms with Crippen molar-refractivity contribution >= 4 is 5.78 Å². The Kier molecular flexibility index (Phi) is 4.02. The predicted octanol–water partition coefficient (Wildman–Crippen LogP) is 0.729. The average Bonchev–Trinajstić information content (AvgIpc) is 2.14. The van der Waals surface area contributed by atoms with E-state index in [2.05, 4.69) is 11.9 Å². The highest BCUT2D eigenvalue weighted by Crippen LogP contribution is 2.17. The van der Waals surface area contributed by atoms with E-state index in [0.717, 1.165) is 0 Å². The highest BCUT2D eigenvalue weighted by molar-refractivity contribution is 5.88. The SMILES string of the molecule is [2H][C@H](CCNC(=C)N)[C@@]([2H])(N)C(=O)C(C)(C)C. The average molecular weight is 215 g/mol. The minimum Gasteiger partial charge on any atom is -0.386 e. The molecule has 0 saturated carbocycles. The van der Waals surface area contributed by atoms with Crippen molar-refractivity contribution in [2.75, 3.05) is 6.54 Å². The third-order valence-corrected chi connectivity index (χ3v) is 1.80. The lowest BCUT2D eigenvalue weighted by Gasteiger charge is -2.21. The first-order chi connectivity index (χ1) is 7.49. The smallest absolute Gasteiger partial charge is 0.154 e. The lowest BCUT2D eigenvalue weighted by atomic mass is 9.85. The largest absolute Gasteiger partial charge is 0.386 e. The van der Waals surface area contributed by atoms with Crippen LogP contribution in [-0.4, -0.2) is 18.3 Å². The van der Waals surface area contributed by atoms with Crippen LogP contribution in [0, 0.1) is 5.41 Å². The Morgan fingerprint density at radius 2 is 2.20 bits per heavy atom. The molecule has 0 aliphatic heterocycles. The van der Waals surface area contributed by atoms with Gasteiger partial charge in [-0.05, 0) is 12.8 Å². The molecule has 0 aliphatic carbocycles. The molecule has 0 amide bonds. The van der Waals surface area contributed by atoms with Crippen molar-refractivity contribution in [3.63, 3.8) is 0 Å². The molecule has 4 heteroatoms. The van der Waals surface area contributed by atoms with Gasteiger partial charge in [0.15, 0.2) is 5.78 Å². The fraction of sp³-hybridized carbons (Fsp3) is 0.727. The minimum atomic E-state index is -1.89. The van der Waals surface area contributed by atoms with Crippen molar-refractivity contribution in [1.82, 2.24) is 5.32 Å². The van der Waals surface area contributed by atoms with Gasteiger partial charge in [0.05, 0.1) is 13.2 Å². The lowest BCUT2D eigenvalue weighted by Crippen LogP contribution is -2.39. The van der Waals surface area contributed by atoms with Gasteiger partial charge in [0.2, 0.25) is 0 Å². The molecular weight excluding hydrogens is 190 g/mol. The first kappa shape index (κ1) is 10.5. The fourth-order valence-electron chi connectivity index (χ4n) is 0.986. The van der Waals surface area contributed by atoms with E-state index in [4.69, 9.17) is 14.2 Å². The third-order valence-electron chi connectivity index (χ3n) is 1.80. The van der Waals surface area contributed by atoms with Gasteiger partial charge in [0.25, 0.3) is 0 Å². The van der Waals surface area contributed by atoms with Gasteiger partial charge in [0.1, 0.15) is 0 Å². The van der Waals surface area contributed by atoms with Crippen molar-refractivity contribution in [3.05, 3.63) is 12.4 Å². The molecule has 0 aromatic rings. The summed E-state index contributed by atoms with van der Waals surface area (Å²) in [4.78, 5) is 11.9. The van der Waals surface area contributed by atoms with Crippen LogP contribution in [0.15, 0.2) is 12.4 Å². The Bertz CT molecular complexity index is 298. The normalized spacial score (nSPS) is 19.5. The van der Waals surface area contributed by atoms with Crippen LogP contribution in [0.1, 0.15) is 36.3 Å². The van der Waals surface area contributed by atoms with Crippen LogP contribution in [0.4, 0.5) is 0 Å². The van der Waals surface area contributed by atoms with E-state index in [1.807, 2.05) is 0 Å². The Hall–Kier alpha value is -1.03. The zero-order valence-electron chi connectivity index (χ0n) is 11.8. The molecule has 0 aromatic carbocycles. The number of nitrogens with one attached hydrogen (secondary N) is 1. The number of hydrogen-bond acceptors (Lipinski definition) is 4. The van der Waals surface area contributed by atoms with E-state index in [0.29, 0.717) is 12.4 Å². The Morgan fingerprint density at radius 3 is 2.60 bits per heavy atom. The van der Waals surface area contributed by atoms with Crippen LogP contribution < -0.4 is 16.8 Å². The quantitative estimate of drug-likeness (QED) is 0.610. The summed E-state index contributed by atoms with van der Waals surface area (Å²) >= 11 is 0. The van der Waals surface area contributed by atoms with Gasteiger partial charge < -0.3 is 16.8 Å². The van der Waals surface area contributed by atoms with Crippen LogP contribution in [0.5, 0.6) is 0 Å². The molecule has 15 heavy (non-hydrogen) atoms. The molecule has 0 heterocycles. The van der Waals surface area contributed by atoms with Gasteiger partial charge >= 0.3 is 0 Å². The van der Waals surface area contributed by atoms with Crippen molar-refractivity contribution < 1.29 is 7.54 Å². The number of nitrogens with two attached hydrogens (primary N) is 2. The van der Waals surface area contributed by atoms with Crippen LogP contribution in [-0.2, 0) is 4.79 Å². The van der Waals surface area contributed by atoms with Crippen molar-refractivity contribution in [3.8, 4) is 0 Å². The summed E-state index contributed by atoms with van der Waals surface area (Å²) in [5.74, 6) is -0.136. The van der Waals surface area contributed by atoms with Gasteiger partial charge in [-0.15, -0.1) is 0 Å². The fourth-order valence-corrected chi connectivity index (χ4v) is 0.986. The maximum atomic E-state index is 11.9. The summed E-state index contributed by atoms with van der Waals surface area (Å²) in [6, 6.07) is -1.89. The maximum Gasteiger partial charge on any atom is 0.154 e. The molecule has 0 spiro atoms. The number of carbonyl (C=O) groups is 1. The molecule has 2 atom stereocenters. The molecule has 5 N–H and O–H groups in total. The number of ketones is 1. The van der Waals surface area contributed by atoms with E-state index in [9.17, 15) is 4.79 Å². The number of hydrogen-bond donors (Lipinski definition) is 3. The second-order valence-corrected chi connectivity index (χ2v) is 4.48. The summed E-state index contributed by atoms with van der Waals surface area (Å²) < 4.78 is 15.6. The van der Waals surface area contributed by atoms with Crippen molar-refractivity contribution in [2.24, 2.45) is 16.9 Å². The number of rotatable bonds is 6. The first-order valence-electron chi connectivity index (χ1n) is 6.01. The van der Waals surface area contributed by atoms with E-state index in [1.165, 1.54) is 0 Å². The second kappa shape index (κ2) is 5.75. The molecular formula is C11H23N3O. The molecule has 0 radical (unpaired) electrons. The van der Waals surface area contributed by atoms with E-state index in [1.54, 1.807) is 20.8 Å². The van der Waals surface area contributed by atoms with Crippen LogP contribution in [0.2, 0.25) is 0 Å². The van der Waals surface area contributed by atoms with Gasteiger partial charge in [-0.3, -0.25) is 4.79 Å². The van der Waals surface area contributed by atoms with Crippen molar-refractivity contribution in [1.29, 1.82) is 0 Å². The molecule has 0 fully saturated rings. The van der Waals surface area contributed by atoms with Crippen LogP contribution in [0.3, 0.4) is 0 Å². The summed E-state index contributed by atoms with van der Waals surface area (Å²) in [5, 5.41) is 2.74. The molecule has 0 aromatic heterocycles. The van der Waals surface area contributed by atoms with Crippen LogP contribution in [0.25, 0.3) is 0 Å². The minimum absolute atomic E-state index is 0.262. The Morgan fingerprint density at radius 1 is 1.67 bits per heavy atom. The zero-order valence-corrected chi connectivity index (χ0v) is 9.76. The summed E-state index contributed by atoms with van der Waals surface area (Å²) in [7, 11) is 0. The topological polar surface area (TPSA) is 81.1 Å². The zero-order chi connectivity index (χ0) is 13.9. The van der Waals surface area contributed by atoms with E-state index in [-0.39, 0.29) is 6.42 Å². The third kappa shape index (κ3) is 6.12. The maximum absolute atomic E-state index is 11.9. The van der Waals surface area contributed by atoms with Gasteiger partial charge in [-0.1, -0.05) is 27.4 Å². The van der Waals surface area contributed by atoms with E-state index >= 15 is 0 Å². The molecule has 88 valence electrons. The summed E-state index contributed by atoms with van der Waals surface area (Å²) in [5.41, 5.74) is 10.2. The Balaban J connectivity index is 4.49. The monoisotopic (exact) mass is 215 g/mol. The van der Waals surface area contributed by atoms with Gasteiger partial charge in [-0.2, -0.15) is 0 Å². The highest BCUT2D eigenvalue weighted by Gasteiger charge is 2.26. The highest BCUT2D eigenvalue weighted by atomic mass is 16.1. The van der Waals surface area contributed by atoms with E-state index < -0.39 is 23.6 Å². The van der Waals surface area contributed by atoms with Crippen LogP contribution >= 0.6 is 0 Å². The van der Waals surface area contributed by atoms with Gasteiger partial charge in [0, 0.05) is 13.3 Å². The molecule has 0 aliphatic rings. The van der Waals surface area contributed by atoms with Crippen molar-refractivity contribution in [2.45, 2.75) is 39.6 Å². The number of carbonyl (C=O) groups excluding carboxylic acids is 1. The standard InChI is InChI=1S/C11H23N3O/c1-8(12)14-7-5-6-9(13)10(15)11(2,3)4/h9,14H,1,5-7,12-13H2,2-4H3/t9-/m1/s1/i6D,9D/t6-,9-. The van der Waals surface area contributed by atoms with Gasteiger partial charge in [-0.25, -0.2) is 0 Å². The first-order valence-corrected chi connectivity index (χ1v) is 4.94. The number of Topliss-reactive ketones (excluding diaryl/α,β-unsaturated/α-hetero) is 1. The molecule has 0 saturated heterocycles. The molecule has 4 nitrogen and oxygen atoms in total. The summed E-state index contributed by atoms with van der Waals surface area (Å²) in [6.45, 7) is 8.90. The second-order valence-electron chi connectivity index (χ2n) is 4.48. The molecule has 0 rings (SSSR count). The molecule has 0 bridgehead atoms. The lowest BCUT2D eigenvalue weighted by molar-refractivity contribution is -0.127.